The van der Waals surface area contributed by atoms with Crippen LogP contribution in [0.15, 0.2) is 28.7 Å². The Morgan fingerprint density at radius 1 is 1.45 bits per heavy atom. The zero-order chi connectivity index (χ0) is 15.0. The molecule has 1 aromatic carbocycles. The van der Waals surface area contributed by atoms with Crippen molar-refractivity contribution in [2.75, 3.05) is 19.0 Å². The number of rotatable bonds is 5. The van der Waals surface area contributed by atoms with Gasteiger partial charge in [-0.3, -0.25) is 4.79 Å². The topological polar surface area (TPSA) is 38.3 Å². The molecule has 1 rings (SSSR count). The molecule has 0 radical (unpaired) electrons. The van der Waals surface area contributed by atoms with E-state index in [1.807, 2.05) is 24.3 Å². The van der Waals surface area contributed by atoms with E-state index in [2.05, 4.69) is 33.1 Å². The van der Waals surface area contributed by atoms with Gasteiger partial charge in [0.1, 0.15) is 12.4 Å². The first-order chi connectivity index (χ1) is 9.45. The summed E-state index contributed by atoms with van der Waals surface area (Å²) >= 11 is 9.07. The lowest BCUT2D eigenvalue weighted by atomic mass is 9.95. The fraction of sp³-hybridized carbons (Fsp3) is 0.400. The van der Waals surface area contributed by atoms with E-state index in [9.17, 15) is 4.79 Å². The third-order valence-electron chi connectivity index (χ3n) is 2.52. The Morgan fingerprint density at radius 2 is 2.20 bits per heavy atom. The molecule has 1 N–H and O–H groups in total. The van der Waals surface area contributed by atoms with Gasteiger partial charge in [0, 0.05) is 10.4 Å². The van der Waals surface area contributed by atoms with Crippen molar-refractivity contribution in [2.45, 2.75) is 13.8 Å². The first-order valence-electron chi connectivity index (χ1n) is 6.14. The summed E-state index contributed by atoms with van der Waals surface area (Å²) in [7, 11) is 0. The maximum absolute atomic E-state index is 11.7. The van der Waals surface area contributed by atoms with E-state index in [1.54, 1.807) is 13.8 Å². The summed E-state index contributed by atoms with van der Waals surface area (Å²) in [5, 5.41) is 2.72. The van der Waals surface area contributed by atoms with Gasteiger partial charge in [-0.25, -0.2) is 0 Å². The van der Waals surface area contributed by atoms with Crippen LogP contribution in [0, 0.1) is 17.3 Å². The summed E-state index contributed by atoms with van der Waals surface area (Å²) in [6, 6.07) is 7.54. The van der Waals surface area contributed by atoms with E-state index >= 15 is 0 Å². The normalized spacial score (nSPS) is 10.4. The third kappa shape index (κ3) is 5.85. The molecule has 0 unspecified atom stereocenters. The number of ether oxygens (including phenoxy) is 1. The van der Waals surface area contributed by atoms with Crippen molar-refractivity contribution >= 4 is 33.4 Å². The van der Waals surface area contributed by atoms with Crippen LogP contribution in [0.4, 0.5) is 0 Å². The van der Waals surface area contributed by atoms with Gasteiger partial charge in [-0.05, 0) is 32.0 Å². The molecule has 0 aliphatic carbocycles. The SMILES string of the molecule is CC(C)(CCl)C(=O)NCC#CCOc1cccc(Br)c1. The molecule has 1 amide bonds. The molecule has 3 nitrogen and oxygen atoms in total. The standard InChI is InChI=1S/C15H17BrClNO2/c1-15(2,11-17)14(19)18-8-3-4-9-20-13-7-5-6-12(16)10-13/h5-7,10H,8-9,11H2,1-2H3,(H,18,19). The lowest BCUT2D eigenvalue weighted by Gasteiger charge is -2.19. The van der Waals surface area contributed by atoms with E-state index in [-0.39, 0.29) is 18.4 Å². The minimum atomic E-state index is -0.573. The molecule has 0 aliphatic rings. The molecule has 0 aliphatic heterocycles. The van der Waals surface area contributed by atoms with Crippen molar-refractivity contribution in [3.05, 3.63) is 28.7 Å². The van der Waals surface area contributed by atoms with Crippen molar-refractivity contribution in [3.63, 3.8) is 0 Å². The zero-order valence-electron chi connectivity index (χ0n) is 11.5. The molecular weight excluding hydrogens is 342 g/mol. The van der Waals surface area contributed by atoms with Crippen LogP contribution < -0.4 is 10.1 Å². The number of hydrogen-bond acceptors (Lipinski definition) is 2. The predicted molar refractivity (Wildman–Crippen MR) is 84.9 cm³/mol. The van der Waals surface area contributed by atoms with Gasteiger partial charge < -0.3 is 10.1 Å². The fourth-order valence-corrected chi connectivity index (χ4v) is 1.71. The lowest BCUT2D eigenvalue weighted by Crippen LogP contribution is -2.38. The molecular formula is C15H17BrClNO2. The van der Waals surface area contributed by atoms with Crippen LogP contribution in [-0.4, -0.2) is 24.9 Å². The van der Waals surface area contributed by atoms with Gasteiger partial charge in [0.15, 0.2) is 0 Å². The molecule has 1 aromatic rings. The fourth-order valence-electron chi connectivity index (χ4n) is 1.21. The summed E-state index contributed by atoms with van der Waals surface area (Å²) in [5.41, 5.74) is -0.573. The largest absolute Gasteiger partial charge is 0.481 e. The number of alkyl halides is 1. The minimum Gasteiger partial charge on any atom is -0.481 e. The van der Waals surface area contributed by atoms with Gasteiger partial charge >= 0.3 is 0 Å². The molecule has 0 bridgehead atoms. The van der Waals surface area contributed by atoms with Crippen LogP contribution >= 0.6 is 27.5 Å². The number of hydrogen-bond donors (Lipinski definition) is 1. The van der Waals surface area contributed by atoms with E-state index < -0.39 is 5.41 Å². The van der Waals surface area contributed by atoms with Crippen LogP contribution in [0.1, 0.15) is 13.8 Å². The van der Waals surface area contributed by atoms with Crippen molar-refractivity contribution in [1.82, 2.24) is 5.32 Å². The van der Waals surface area contributed by atoms with Gasteiger partial charge in [0.2, 0.25) is 5.91 Å². The van der Waals surface area contributed by atoms with Gasteiger partial charge in [-0.2, -0.15) is 0 Å². The molecule has 0 spiro atoms. The van der Waals surface area contributed by atoms with E-state index in [0.717, 1.165) is 10.2 Å². The van der Waals surface area contributed by atoms with Crippen LogP contribution in [0.3, 0.4) is 0 Å². The maximum atomic E-state index is 11.7. The van der Waals surface area contributed by atoms with Crippen LogP contribution in [0.2, 0.25) is 0 Å². The second-order valence-electron chi connectivity index (χ2n) is 4.80. The first-order valence-corrected chi connectivity index (χ1v) is 7.47. The van der Waals surface area contributed by atoms with E-state index in [4.69, 9.17) is 16.3 Å². The summed E-state index contributed by atoms with van der Waals surface area (Å²) < 4.78 is 6.40. The van der Waals surface area contributed by atoms with Crippen molar-refractivity contribution in [3.8, 4) is 17.6 Å². The van der Waals surface area contributed by atoms with Gasteiger partial charge in [0.25, 0.3) is 0 Å². The molecule has 0 saturated carbocycles. The predicted octanol–water partition coefficient (Wildman–Crippen LogP) is 3.21. The highest BCUT2D eigenvalue weighted by Crippen LogP contribution is 2.17. The summed E-state index contributed by atoms with van der Waals surface area (Å²) in [5.74, 6) is 6.60. The molecule has 0 atom stereocenters. The van der Waals surface area contributed by atoms with E-state index in [0.29, 0.717) is 6.54 Å². The number of benzene rings is 1. The Kier molecular flexibility index (Phi) is 6.90. The second-order valence-corrected chi connectivity index (χ2v) is 5.98. The number of nitrogens with one attached hydrogen (secondary N) is 1. The molecule has 0 fully saturated rings. The Morgan fingerprint density at radius 3 is 2.85 bits per heavy atom. The summed E-state index contributed by atoms with van der Waals surface area (Å²) in [6.07, 6.45) is 0. The Bertz CT molecular complexity index is 520. The summed E-state index contributed by atoms with van der Waals surface area (Å²) in [6.45, 7) is 4.16. The Balaban J connectivity index is 2.29. The Labute approximate surface area is 133 Å². The summed E-state index contributed by atoms with van der Waals surface area (Å²) in [4.78, 5) is 11.7. The highest BCUT2D eigenvalue weighted by molar-refractivity contribution is 9.10. The monoisotopic (exact) mass is 357 g/mol. The smallest absolute Gasteiger partial charge is 0.227 e. The maximum Gasteiger partial charge on any atom is 0.227 e. The molecule has 0 aromatic heterocycles. The average molecular weight is 359 g/mol. The van der Waals surface area contributed by atoms with Gasteiger partial charge in [-0.1, -0.05) is 33.8 Å². The average Bonchev–Trinajstić information content (AvgIpc) is 2.42. The van der Waals surface area contributed by atoms with Crippen LogP contribution in [0.25, 0.3) is 0 Å². The molecule has 20 heavy (non-hydrogen) atoms. The number of amides is 1. The molecule has 0 saturated heterocycles. The minimum absolute atomic E-state index is 0.102. The highest BCUT2D eigenvalue weighted by Gasteiger charge is 2.25. The van der Waals surface area contributed by atoms with Crippen molar-refractivity contribution in [2.24, 2.45) is 5.41 Å². The van der Waals surface area contributed by atoms with Crippen LogP contribution in [-0.2, 0) is 4.79 Å². The second kappa shape index (κ2) is 8.18. The molecule has 108 valence electrons. The number of carbonyl (C=O) groups is 1. The number of halogens is 2. The van der Waals surface area contributed by atoms with Crippen molar-refractivity contribution < 1.29 is 9.53 Å². The third-order valence-corrected chi connectivity index (χ3v) is 3.68. The van der Waals surface area contributed by atoms with Gasteiger partial charge in [0.05, 0.1) is 12.0 Å². The highest BCUT2D eigenvalue weighted by atomic mass is 79.9. The molecule has 5 heteroatoms. The zero-order valence-corrected chi connectivity index (χ0v) is 13.8. The van der Waals surface area contributed by atoms with Gasteiger partial charge in [-0.15, -0.1) is 11.6 Å². The lowest BCUT2D eigenvalue weighted by molar-refractivity contribution is -0.128. The molecule has 0 heterocycles. The van der Waals surface area contributed by atoms with E-state index in [1.165, 1.54) is 0 Å². The Hall–Kier alpha value is -1.18. The first kappa shape index (κ1) is 16.9. The quantitative estimate of drug-likeness (QED) is 0.648. The van der Waals surface area contributed by atoms with Crippen LogP contribution in [0.5, 0.6) is 5.75 Å². The number of carbonyl (C=O) groups excluding carboxylic acids is 1. The van der Waals surface area contributed by atoms with Crippen molar-refractivity contribution in [1.29, 1.82) is 0 Å².